The van der Waals surface area contributed by atoms with Crippen LogP contribution in [0.25, 0.3) is 10.9 Å². The Balaban J connectivity index is 1.96. The number of rotatable bonds is 5. The fourth-order valence-corrected chi connectivity index (χ4v) is 3.44. The van der Waals surface area contributed by atoms with Gasteiger partial charge in [-0.1, -0.05) is 39.8 Å². The van der Waals surface area contributed by atoms with Gasteiger partial charge in [-0.05, 0) is 25.1 Å². The fraction of sp³-hybridized carbons (Fsp3) is 0.333. The molecule has 0 aliphatic heterocycles. The van der Waals surface area contributed by atoms with Crippen molar-refractivity contribution in [1.29, 1.82) is 0 Å². The highest BCUT2D eigenvalue weighted by atomic mass is 79.9. The van der Waals surface area contributed by atoms with Crippen LogP contribution < -0.4 is 5.56 Å². The minimum absolute atomic E-state index is 0.0407. The summed E-state index contributed by atoms with van der Waals surface area (Å²) in [6, 6.07) is 5.52. The van der Waals surface area contributed by atoms with Gasteiger partial charge in [-0.25, -0.2) is 4.98 Å². The molecule has 0 amide bonds. The van der Waals surface area contributed by atoms with Crippen LogP contribution in [0.15, 0.2) is 37.1 Å². The maximum Gasteiger partial charge on any atom is 0.262 e. The highest BCUT2D eigenvalue weighted by molar-refractivity contribution is 9.10. The average molecular weight is 395 g/mol. The molecule has 6 nitrogen and oxygen atoms in total. The number of thioether (sulfide) groups is 1. The summed E-state index contributed by atoms with van der Waals surface area (Å²) >= 11 is 4.82. The van der Waals surface area contributed by atoms with Crippen LogP contribution in [0.4, 0.5) is 0 Å². The first-order chi connectivity index (χ1) is 11.1. The predicted octanol–water partition coefficient (Wildman–Crippen LogP) is 3.42. The van der Waals surface area contributed by atoms with Crippen LogP contribution in [0.1, 0.15) is 25.6 Å². The third-order valence-corrected chi connectivity index (χ3v) is 4.80. The van der Waals surface area contributed by atoms with Crippen molar-refractivity contribution in [2.45, 2.75) is 37.7 Å². The molecule has 1 aromatic carbocycles. The van der Waals surface area contributed by atoms with Crippen molar-refractivity contribution in [3.8, 4) is 0 Å². The largest absolute Gasteiger partial charge is 0.338 e. The lowest BCUT2D eigenvalue weighted by molar-refractivity contribution is 0.385. The van der Waals surface area contributed by atoms with Gasteiger partial charge in [-0.2, -0.15) is 4.98 Å². The maximum atomic E-state index is 12.6. The lowest BCUT2D eigenvalue weighted by Crippen LogP contribution is -2.22. The molecule has 0 N–H and O–H groups in total. The summed E-state index contributed by atoms with van der Waals surface area (Å²) in [4.78, 5) is 21.5. The van der Waals surface area contributed by atoms with Gasteiger partial charge in [0.05, 0.1) is 16.7 Å². The first kappa shape index (κ1) is 16.2. The number of halogens is 1. The van der Waals surface area contributed by atoms with Gasteiger partial charge in [0, 0.05) is 17.4 Å². The van der Waals surface area contributed by atoms with E-state index in [0.29, 0.717) is 40.1 Å². The highest BCUT2D eigenvalue weighted by Gasteiger charge is 2.13. The van der Waals surface area contributed by atoms with E-state index in [9.17, 15) is 4.79 Å². The third kappa shape index (κ3) is 3.32. The molecule has 0 unspecified atom stereocenters. The molecule has 3 aromatic rings. The van der Waals surface area contributed by atoms with Gasteiger partial charge < -0.3 is 4.52 Å². The summed E-state index contributed by atoms with van der Waals surface area (Å²) in [6.07, 6.45) is 0.733. The smallest absolute Gasteiger partial charge is 0.262 e. The third-order valence-electron chi connectivity index (χ3n) is 3.35. The van der Waals surface area contributed by atoms with E-state index in [1.807, 2.05) is 26.0 Å². The van der Waals surface area contributed by atoms with Gasteiger partial charge in [-0.15, -0.1) is 0 Å². The number of aryl methyl sites for hydroxylation is 1. The summed E-state index contributed by atoms with van der Waals surface area (Å²) < 4.78 is 7.71. The molecule has 8 heteroatoms. The zero-order valence-corrected chi connectivity index (χ0v) is 15.1. The van der Waals surface area contributed by atoms with E-state index in [0.717, 1.165) is 10.9 Å². The first-order valence-corrected chi connectivity index (χ1v) is 9.04. The molecule has 0 atom stereocenters. The molecule has 3 rings (SSSR count). The molecule has 0 aliphatic carbocycles. The van der Waals surface area contributed by atoms with Crippen molar-refractivity contribution in [2.24, 2.45) is 0 Å². The molecule has 0 spiro atoms. The SMILES string of the molecule is CCc1noc(CSc2nc3ccc(Br)cc3c(=O)n2CC)n1. The number of hydrogen-bond acceptors (Lipinski definition) is 6. The Labute approximate surface area is 145 Å². The van der Waals surface area contributed by atoms with E-state index < -0.39 is 0 Å². The Morgan fingerprint density at radius 3 is 2.83 bits per heavy atom. The van der Waals surface area contributed by atoms with Crippen molar-refractivity contribution in [2.75, 3.05) is 0 Å². The molecule has 2 heterocycles. The number of nitrogens with zero attached hydrogens (tertiary/aromatic N) is 4. The van der Waals surface area contributed by atoms with Crippen LogP contribution in [0, 0.1) is 0 Å². The fourth-order valence-electron chi connectivity index (χ4n) is 2.18. The number of hydrogen-bond donors (Lipinski definition) is 0. The summed E-state index contributed by atoms with van der Waals surface area (Å²) in [5, 5.41) is 5.14. The van der Waals surface area contributed by atoms with Gasteiger partial charge in [0.25, 0.3) is 5.56 Å². The molecule has 120 valence electrons. The van der Waals surface area contributed by atoms with Gasteiger partial charge >= 0.3 is 0 Å². The summed E-state index contributed by atoms with van der Waals surface area (Å²) in [5.74, 6) is 1.71. The van der Waals surface area contributed by atoms with Crippen LogP contribution in [-0.2, 0) is 18.7 Å². The van der Waals surface area contributed by atoms with Crippen molar-refractivity contribution >= 4 is 38.6 Å². The van der Waals surface area contributed by atoms with Gasteiger partial charge in [0.2, 0.25) is 5.89 Å². The second-order valence-corrected chi connectivity index (χ2v) is 6.71. The predicted molar refractivity (Wildman–Crippen MR) is 92.6 cm³/mol. The Bertz CT molecular complexity index is 906. The molecule has 0 radical (unpaired) electrons. The lowest BCUT2D eigenvalue weighted by Gasteiger charge is -2.10. The van der Waals surface area contributed by atoms with E-state index in [2.05, 4.69) is 31.1 Å². The van der Waals surface area contributed by atoms with Crippen LogP contribution >= 0.6 is 27.7 Å². The molecule has 0 bridgehead atoms. The maximum absolute atomic E-state index is 12.6. The van der Waals surface area contributed by atoms with E-state index in [4.69, 9.17) is 4.52 Å². The summed E-state index contributed by atoms with van der Waals surface area (Å²) in [5.41, 5.74) is 0.645. The minimum Gasteiger partial charge on any atom is -0.338 e. The first-order valence-electron chi connectivity index (χ1n) is 7.26. The van der Waals surface area contributed by atoms with E-state index in [1.165, 1.54) is 11.8 Å². The molecule has 23 heavy (non-hydrogen) atoms. The van der Waals surface area contributed by atoms with Crippen LogP contribution in [0.5, 0.6) is 0 Å². The quantitative estimate of drug-likeness (QED) is 0.487. The standard InChI is InChI=1S/C15H15BrN4O2S/c1-3-12-18-13(22-19-12)8-23-15-17-11-6-5-9(16)7-10(11)14(21)20(15)4-2/h5-7H,3-4,8H2,1-2H3. The number of fused-ring (bicyclic) bond motifs is 1. The Morgan fingerprint density at radius 1 is 1.30 bits per heavy atom. The van der Waals surface area contributed by atoms with Crippen molar-refractivity contribution in [1.82, 2.24) is 19.7 Å². The van der Waals surface area contributed by atoms with Crippen molar-refractivity contribution in [3.05, 3.63) is 44.7 Å². The zero-order chi connectivity index (χ0) is 16.4. The lowest BCUT2D eigenvalue weighted by atomic mass is 10.2. The average Bonchev–Trinajstić information content (AvgIpc) is 3.02. The summed E-state index contributed by atoms with van der Waals surface area (Å²) in [6.45, 7) is 4.46. The van der Waals surface area contributed by atoms with Gasteiger partial charge in [0.15, 0.2) is 11.0 Å². The Hall–Kier alpha value is -1.67. The summed E-state index contributed by atoms with van der Waals surface area (Å²) in [7, 11) is 0. The number of aromatic nitrogens is 4. The normalized spacial score (nSPS) is 11.3. The molecule has 0 saturated heterocycles. The van der Waals surface area contributed by atoms with E-state index in [1.54, 1.807) is 10.6 Å². The zero-order valence-electron chi connectivity index (χ0n) is 12.7. The molecular formula is C15H15BrN4O2S. The minimum atomic E-state index is -0.0407. The highest BCUT2D eigenvalue weighted by Crippen LogP contribution is 2.23. The Morgan fingerprint density at radius 2 is 2.13 bits per heavy atom. The van der Waals surface area contributed by atoms with Crippen LogP contribution in [0.2, 0.25) is 0 Å². The van der Waals surface area contributed by atoms with Crippen LogP contribution in [0.3, 0.4) is 0 Å². The van der Waals surface area contributed by atoms with Gasteiger partial charge in [-0.3, -0.25) is 9.36 Å². The van der Waals surface area contributed by atoms with Crippen molar-refractivity contribution < 1.29 is 4.52 Å². The Kier molecular flexibility index (Phi) is 4.82. The second kappa shape index (κ2) is 6.84. The number of benzene rings is 1. The van der Waals surface area contributed by atoms with E-state index in [-0.39, 0.29) is 5.56 Å². The monoisotopic (exact) mass is 394 g/mol. The van der Waals surface area contributed by atoms with E-state index >= 15 is 0 Å². The second-order valence-electron chi connectivity index (χ2n) is 4.85. The molecule has 0 aliphatic rings. The van der Waals surface area contributed by atoms with Crippen molar-refractivity contribution in [3.63, 3.8) is 0 Å². The van der Waals surface area contributed by atoms with Crippen LogP contribution in [-0.4, -0.2) is 19.7 Å². The topological polar surface area (TPSA) is 73.8 Å². The van der Waals surface area contributed by atoms with Gasteiger partial charge in [0.1, 0.15) is 0 Å². The molecular weight excluding hydrogens is 380 g/mol. The molecule has 2 aromatic heterocycles. The molecule has 0 saturated carbocycles. The molecule has 0 fully saturated rings.